The average Bonchev–Trinajstić information content (AvgIpc) is 2.71. The number of nitrogens with one attached hydrogen (secondary N) is 1. The first-order chi connectivity index (χ1) is 14.0. The topological polar surface area (TPSA) is 75.4 Å². The summed E-state index contributed by atoms with van der Waals surface area (Å²) in [5, 5.41) is 3.68. The van der Waals surface area contributed by atoms with Crippen molar-refractivity contribution in [2.75, 3.05) is 18.4 Å². The second-order valence-electron chi connectivity index (χ2n) is 7.70. The van der Waals surface area contributed by atoms with E-state index in [0.717, 1.165) is 61.6 Å². The molecule has 3 rings (SSSR count). The number of carbonyl (C=O) groups excluding carboxylic acids is 2. The summed E-state index contributed by atoms with van der Waals surface area (Å²) in [6, 6.07) is 15.6. The minimum atomic E-state index is -0.205. The number of hydrogen-bond donors (Lipinski definition) is 2. The van der Waals surface area contributed by atoms with Gasteiger partial charge in [-0.2, -0.15) is 0 Å². The Balaban J connectivity index is 1.42. The molecule has 2 aromatic carbocycles. The van der Waals surface area contributed by atoms with Crippen LogP contribution in [0.3, 0.4) is 0 Å². The van der Waals surface area contributed by atoms with Gasteiger partial charge in [0.25, 0.3) is 0 Å². The predicted molar refractivity (Wildman–Crippen MR) is 117 cm³/mol. The summed E-state index contributed by atoms with van der Waals surface area (Å²) in [5.41, 5.74) is 8.60. The van der Waals surface area contributed by atoms with Gasteiger partial charge in [0.2, 0.25) is 11.8 Å². The first-order valence-electron chi connectivity index (χ1n) is 10.1. The van der Waals surface area contributed by atoms with E-state index in [9.17, 15) is 9.59 Å². The molecule has 1 fully saturated rings. The summed E-state index contributed by atoms with van der Waals surface area (Å²) in [5.74, 6) is -0.231. The highest BCUT2D eigenvalue weighted by atomic mass is 35.5. The van der Waals surface area contributed by atoms with Gasteiger partial charge in [-0.05, 0) is 67.6 Å². The molecule has 2 aromatic rings. The lowest BCUT2D eigenvalue weighted by atomic mass is 9.97. The first-order valence-corrected chi connectivity index (χ1v) is 10.5. The number of piperidine rings is 1. The predicted octanol–water partition coefficient (Wildman–Crippen LogP) is 4.00. The molecule has 0 radical (unpaired) electrons. The highest BCUT2D eigenvalue weighted by Crippen LogP contribution is 2.19. The van der Waals surface area contributed by atoms with E-state index in [1.807, 2.05) is 48.5 Å². The summed E-state index contributed by atoms with van der Waals surface area (Å²) >= 11 is 5.89. The molecular formula is C23H28ClN3O2. The zero-order valence-corrected chi connectivity index (χ0v) is 17.3. The Bertz CT molecular complexity index is 821. The van der Waals surface area contributed by atoms with Crippen molar-refractivity contribution in [2.24, 2.45) is 11.7 Å². The number of rotatable bonds is 8. The highest BCUT2D eigenvalue weighted by Gasteiger charge is 2.23. The number of halogens is 1. The monoisotopic (exact) mass is 413 g/mol. The van der Waals surface area contributed by atoms with Gasteiger partial charge >= 0.3 is 0 Å². The molecule has 29 heavy (non-hydrogen) atoms. The summed E-state index contributed by atoms with van der Waals surface area (Å²) in [6.07, 6.45) is 4.01. The van der Waals surface area contributed by atoms with Gasteiger partial charge in [-0.1, -0.05) is 35.9 Å². The second kappa shape index (κ2) is 10.4. The van der Waals surface area contributed by atoms with Crippen LogP contribution in [0.1, 0.15) is 36.8 Å². The minimum Gasteiger partial charge on any atom is -0.369 e. The molecule has 0 aromatic heterocycles. The summed E-state index contributed by atoms with van der Waals surface area (Å²) in [7, 11) is 0. The molecule has 1 atom stereocenters. The minimum absolute atomic E-state index is 0.0204. The van der Waals surface area contributed by atoms with Crippen LogP contribution < -0.4 is 11.1 Å². The van der Waals surface area contributed by atoms with Crippen molar-refractivity contribution < 1.29 is 9.59 Å². The van der Waals surface area contributed by atoms with Gasteiger partial charge in [0.1, 0.15) is 0 Å². The molecule has 1 saturated heterocycles. The Morgan fingerprint density at radius 1 is 1.07 bits per heavy atom. The maximum absolute atomic E-state index is 12.2. The zero-order valence-electron chi connectivity index (χ0n) is 16.6. The van der Waals surface area contributed by atoms with Gasteiger partial charge in [-0.25, -0.2) is 0 Å². The zero-order chi connectivity index (χ0) is 20.6. The molecule has 0 aliphatic carbocycles. The number of carbonyl (C=O) groups is 2. The maximum Gasteiger partial charge on any atom is 0.224 e. The van der Waals surface area contributed by atoms with Crippen LogP contribution in [-0.2, 0) is 22.6 Å². The van der Waals surface area contributed by atoms with Crippen LogP contribution in [0.25, 0.3) is 0 Å². The summed E-state index contributed by atoms with van der Waals surface area (Å²) < 4.78 is 0. The third-order valence-corrected chi connectivity index (χ3v) is 5.59. The number of likely N-dealkylation sites (tertiary alicyclic amines) is 1. The average molecular weight is 414 g/mol. The molecule has 1 aliphatic rings. The number of amides is 2. The van der Waals surface area contributed by atoms with Gasteiger partial charge in [0, 0.05) is 30.2 Å². The smallest absolute Gasteiger partial charge is 0.224 e. The fraction of sp³-hybridized carbons (Fsp3) is 0.391. The molecule has 1 aliphatic heterocycles. The fourth-order valence-corrected chi connectivity index (χ4v) is 3.84. The van der Waals surface area contributed by atoms with Gasteiger partial charge in [0.15, 0.2) is 0 Å². The largest absolute Gasteiger partial charge is 0.369 e. The number of aryl methyl sites for hydroxylation is 1. The van der Waals surface area contributed by atoms with Crippen molar-refractivity contribution >= 4 is 29.1 Å². The maximum atomic E-state index is 12.2. The second-order valence-corrected chi connectivity index (χ2v) is 8.14. The van der Waals surface area contributed by atoms with E-state index in [1.165, 1.54) is 5.56 Å². The van der Waals surface area contributed by atoms with Crippen molar-refractivity contribution in [2.45, 2.75) is 38.6 Å². The van der Waals surface area contributed by atoms with Crippen LogP contribution >= 0.6 is 11.6 Å². The highest BCUT2D eigenvalue weighted by molar-refractivity contribution is 6.30. The van der Waals surface area contributed by atoms with Crippen LogP contribution in [0.2, 0.25) is 5.02 Å². The van der Waals surface area contributed by atoms with Crippen LogP contribution in [0.5, 0.6) is 0 Å². The van der Waals surface area contributed by atoms with E-state index < -0.39 is 0 Å². The SMILES string of the molecule is NC(=O)C1CCCN(Cc2ccc(NC(=O)CCCc3ccc(Cl)cc3)cc2)C1. The number of benzene rings is 2. The number of nitrogens with zero attached hydrogens (tertiary/aromatic N) is 1. The lowest BCUT2D eigenvalue weighted by Gasteiger charge is -2.31. The van der Waals surface area contributed by atoms with Crippen LogP contribution in [0.4, 0.5) is 5.69 Å². The Hall–Kier alpha value is -2.37. The third-order valence-electron chi connectivity index (χ3n) is 5.33. The van der Waals surface area contributed by atoms with Crippen LogP contribution in [-0.4, -0.2) is 29.8 Å². The van der Waals surface area contributed by atoms with Crippen LogP contribution in [0.15, 0.2) is 48.5 Å². The van der Waals surface area contributed by atoms with E-state index in [0.29, 0.717) is 6.42 Å². The molecule has 0 spiro atoms. The van der Waals surface area contributed by atoms with Gasteiger partial charge in [-0.15, -0.1) is 0 Å². The van der Waals surface area contributed by atoms with E-state index in [-0.39, 0.29) is 17.7 Å². The van der Waals surface area contributed by atoms with Crippen molar-refractivity contribution in [3.05, 3.63) is 64.7 Å². The quantitative estimate of drug-likeness (QED) is 0.686. The molecule has 154 valence electrons. The van der Waals surface area contributed by atoms with Crippen molar-refractivity contribution in [1.29, 1.82) is 0 Å². The number of hydrogen-bond acceptors (Lipinski definition) is 3. The summed E-state index contributed by atoms with van der Waals surface area (Å²) in [6.45, 7) is 2.50. The lowest BCUT2D eigenvalue weighted by molar-refractivity contribution is -0.123. The van der Waals surface area contributed by atoms with Crippen LogP contribution in [0, 0.1) is 5.92 Å². The van der Waals surface area contributed by atoms with Gasteiger partial charge in [0.05, 0.1) is 5.92 Å². The van der Waals surface area contributed by atoms with Gasteiger partial charge < -0.3 is 11.1 Å². The molecule has 3 N–H and O–H groups in total. The molecule has 0 saturated carbocycles. The Kier molecular flexibility index (Phi) is 7.67. The third kappa shape index (κ3) is 6.87. The van der Waals surface area contributed by atoms with E-state index in [2.05, 4.69) is 10.2 Å². The normalized spacial score (nSPS) is 17.1. The standard InChI is InChI=1S/C23H28ClN3O2/c24-20-10-6-17(7-11-20)3-1-5-22(28)26-21-12-8-18(9-13-21)15-27-14-2-4-19(16-27)23(25)29/h6-13,19H,1-5,14-16H2,(H2,25,29)(H,26,28). The lowest BCUT2D eigenvalue weighted by Crippen LogP contribution is -2.40. The fourth-order valence-electron chi connectivity index (χ4n) is 3.71. The van der Waals surface area contributed by atoms with E-state index in [4.69, 9.17) is 17.3 Å². The van der Waals surface area contributed by atoms with E-state index in [1.54, 1.807) is 0 Å². The van der Waals surface area contributed by atoms with Gasteiger partial charge in [-0.3, -0.25) is 14.5 Å². The Morgan fingerprint density at radius 3 is 2.45 bits per heavy atom. The molecule has 6 heteroatoms. The van der Waals surface area contributed by atoms with Crippen molar-refractivity contribution in [3.8, 4) is 0 Å². The number of nitrogens with two attached hydrogens (primary N) is 1. The summed E-state index contributed by atoms with van der Waals surface area (Å²) in [4.78, 5) is 25.9. The molecule has 1 heterocycles. The molecule has 2 amide bonds. The van der Waals surface area contributed by atoms with E-state index >= 15 is 0 Å². The molecule has 1 unspecified atom stereocenters. The Morgan fingerprint density at radius 2 is 1.76 bits per heavy atom. The first kappa shape index (κ1) is 21.3. The molecule has 0 bridgehead atoms. The number of primary amides is 1. The van der Waals surface area contributed by atoms with Crippen molar-refractivity contribution in [3.63, 3.8) is 0 Å². The number of anilines is 1. The molecule has 5 nitrogen and oxygen atoms in total. The Labute approximate surface area is 177 Å². The molecular weight excluding hydrogens is 386 g/mol. The van der Waals surface area contributed by atoms with Crippen molar-refractivity contribution in [1.82, 2.24) is 4.90 Å².